The average molecular weight is 237 g/mol. The SMILES string of the molecule is Cc1cc(Cl)cc2c(Cl)c(C#N)cnc12. The fourth-order valence-corrected chi connectivity index (χ4v) is 1.99. The van der Waals surface area contributed by atoms with E-state index in [1.807, 2.05) is 19.1 Å². The van der Waals surface area contributed by atoms with Crippen molar-refractivity contribution in [2.75, 3.05) is 0 Å². The highest BCUT2D eigenvalue weighted by Gasteiger charge is 2.08. The number of pyridine rings is 1. The Hall–Kier alpha value is -1.30. The van der Waals surface area contributed by atoms with Crippen LogP contribution in [0.15, 0.2) is 18.3 Å². The minimum atomic E-state index is 0.367. The Kier molecular flexibility index (Phi) is 2.52. The first-order valence-electron chi connectivity index (χ1n) is 4.28. The molecule has 0 unspecified atom stereocenters. The molecule has 0 radical (unpaired) electrons. The topological polar surface area (TPSA) is 36.7 Å². The molecule has 0 saturated heterocycles. The maximum atomic E-state index is 8.81. The van der Waals surface area contributed by atoms with E-state index in [1.54, 1.807) is 6.07 Å². The number of aromatic nitrogens is 1. The van der Waals surface area contributed by atoms with Crippen LogP contribution in [0.5, 0.6) is 0 Å². The standard InChI is InChI=1S/C11H6Cl2N2/c1-6-2-8(12)3-9-10(13)7(4-14)5-15-11(6)9/h2-3,5H,1H3. The van der Waals surface area contributed by atoms with Crippen LogP contribution in [0.3, 0.4) is 0 Å². The summed E-state index contributed by atoms with van der Waals surface area (Å²) in [4.78, 5) is 4.19. The summed E-state index contributed by atoms with van der Waals surface area (Å²) in [5.41, 5.74) is 2.10. The molecule has 74 valence electrons. The van der Waals surface area contributed by atoms with Gasteiger partial charge < -0.3 is 0 Å². The van der Waals surface area contributed by atoms with Gasteiger partial charge in [-0.15, -0.1) is 0 Å². The number of nitriles is 1. The van der Waals surface area contributed by atoms with Crippen molar-refractivity contribution >= 4 is 34.1 Å². The van der Waals surface area contributed by atoms with Gasteiger partial charge in [0.25, 0.3) is 0 Å². The highest BCUT2D eigenvalue weighted by atomic mass is 35.5. The second-order valence-electron chi connectivity index (χ2n) is 3.22. The van der Waals surface area contributed by atoms with Crippen LogP contribution in [0.2, 0.25) is 10.0 Å². The van der Waals surface area contributed by atoms with Crippen LogP contribution < -0.4 is 0 Å². The number of hydrogen-bond donors (Lipinski definition) is 0. The van der Waals surface area contributed by atoms with Crippen molar-refractivity contribution in [3.8, 4) is 6.07 Å². The van der Waals surface area contributed by atoms with Crippen molar-refractivity contribution in [3.05, 3.63) is 39.5 Å². The first-order valence-corrected chi connectivity index (χ1v) is 5.03. The monoisotopic (exact) mass is 236 g/mol. The third-order valence-corrected chi connectivity index (χ3v) is 2.81. The molecule has 0 saturated carbocycles. The zero-order valence-electron chi connectivity index (χ0n) is 7.88. The van der Waals surface area contributed by atoms with E-state index >= 15 is 0 Å². The summed E-state index contributed by atoms with van der Waals surface area (Å²) < 4.78 is 0. The largest absolute Gasteiger partial charge is 0.254 e. The average Bonchev–Trinajstić information content (AvgIpc) is 2.19. The van der Waals surface area contributed by atoms with Crippen LogP contribution in [0, 0.1) is 18.3 Å². The van der Waals surface area contributed by atoms with E-state index in [9.17, 15) is 0 Å². The van der Waals surface area contributed by atoms with Gasteiger partial charge in [0.05, 0.1) is 16.1 Å². The molecule has 2 rings (SSSR count). The van der Waals surface area contributed by atoms with E-state index < -0.39 is 0 Å². The van der Waals surface area contributed by atoms with Crippen LogP contribution in [-0.4, -0.2) is 4.98 Å². The van der Waals surface area contributed by atoms with Crippen LogP contribution in [0.4, 0.5) is 0 Å². The van der Waals surface area contributed by atoms with Gasteiger partial charge in [0.2, 0.25) is 0 Å². The molecule has 1 aromatic carbocycles. The zero-order chi connectivity index (χ0) is 11.0. The molecule has 4 heteroatoms. The van der Waals surface area contributed by atoms with Crippen molar-refractivity contribution < 1.29 is 0 Å². The Morgan fingerprint density at radius 3 is 2.73 bits per heavy atom. The summed E-state index contributed by atoms with van der Waals surface area (Å²) >= 11 is 12.0. The molecule has 2 aromatic rings. The summed E-state index contributed by atoms with van der Waals surface area (Å²) in [6, 6.07) is 5.53. The zero-order valence-corrected chi connectivity index (χ0v) is 9.39. The Balaban J connectivity index is 2.94. The Morgan fingerprint density at radius 1 is 1.33 bits per heavy atom. The molecule has 0 aliphatic heterocycles. The number of halogens is 2. The molecule has 0 amide bonds. The van der Waals surface area contributed by atoms with Gasteiger partial charge >= 0.3 is 0 Å². The van der Waals surface area contributed by atoms with Crippen molar-refractivity contribution in [1.29, 1.82) is 5.26 Å². The van der Waals surface area contributed by atoms with E-state index in [0.29, 0.717) is 15.6 Å². The molecule has 2 nitrogen and oxygen atoms in total. The maximum Gasteiger partial charge on any atom is 0.102 e. The number of hydrogen-bond acceptors (Lipinski definition) is 2. The van der Waals surface area contributed by atoms with E-state index in [2.05, 4.69) is 4.98 Å². The third kappa shape index (κ3) is 1.65. The quantitative estimate of drug-likeness (QED) is 0.700. The lowest BCUT2D eigenvalue weighted by atomic mass is 10.1. The second-order valence-corrected chi connectivity index (χ2v) is 4.03. The predicted octanol–water partition coefficient (Wildman–Crippen LogP) is 3.72. The number of rotatable bonds is 0. The molecule has 0 aliphatic rings. The third-order valence-electron chi connectivity index (χ3n) is 2.18. The van der Waals surface area contributed by atoms with Gasteiger partial charge in [-0.3, -0.25) is 4.98 Å². The predicted molar refractivity (Wildman–Crippen MR) is 61.2 cm³/mol. The first-order chi connectivity index (χ1) is 7.13. The van der Waals surface area contributed by atoms with E-state index in [0.717, 1.165) is 16.5 Å². The lowest BCUT2D eigenvalue weighted by molar-refractivity contribution is 1.34. The number of aryl methyl sites for hydroxylation is 1. The first kappa shape index (κ1) is 10.2. The molecule has 0 atom stereocenters. The summed E-state index contributed by atoms with van der Waals surface area (Å²) in [6.07, 6.45) is 1.48. The Labute approximate surface area is 97.1 Å². The highest BCUT2D eigenvalue weighted by Crippen LogP contribution is 2.29. The Bertz CT molecular complexity index is 585. The molecular weight excluding hydrogens is 231 g/mol. The van der Waals surface area contributed by atoms with Crippen LogP contribution in [0.1, 0.15) is 11.1 Å². The summed E-state index contributed by atoms with van der Waals surface area (Å²) in [5.74, 6) is 0. The summed E-state index contributed by atoms with van der Waals surface area (Å²) in [6.45, 7) is 1.91. The minimum Gasteiger partial charge on any atom is -0.254 e. The molecule has 0 spiro atoms. The summed E-state index contributed by atoms with van der Waals surface area (Å²) in [5, 5.41) is 10.5. The van der Waals surface area contributed by atoms with Crippen molar-refractivity contribution in [2.24, 2.45) is 0 Å². The van der Waals surface area contributed by atoms with Gasteiger partial charge in [-0.1, -0.05) is 23.2 Å². The fraction of sp³-hybridized carbons (Fsp3) is 0.0909. The molecule has 0 fully saturated rings. The summed E-state index contributed by atoms with van der Waals surface area (Å²) in [7, 11) is 0. The van der Waals surface area contributed by atoms with E-state index in [4.69, 9.17) is 28.5 Å². The Morgan fingerprint density at radius 2 is 2.07 bits per heavy atom. The molecule has 0 aliphatic carbocycles. The van der Waals surface area contributed by atoms with Gasteiger partial charge in [-0.2, -0.15) is 5.26 Å². The normalized spacial score (nSPS) is 10.3. The number of fused-ring (bicyclic) bond motifs is 1. The van der Waals surface area contributed by atoms with Crippen LogP contribution in [-0.2, 0) is 0 Å². The van der Waals surface area contributed by atoms with Crippen LogP contribution >= 0.6 is 23.2 Å². The van der Waals surface area contributed by atoms with Gasteiger partial charge in [-0.05, 0) is 24.6 Å². The van der Waals surface area contributed by atoms with Gasteiger partial charge in [-0.25, -0.2) is 0 Å². The van der Waals surface area contributed by atoms with Gasteiger partial charge in [0.15, 0.2) is 0 Å². The minimum absolute atomic E-state index is 0.367. The smallest absolute Gasteiger partial charge is 0.102 e. The van der Waals surface area contributed by atoms with Gasteiger partial charge in [0, 0.05) is 16.6 Å². The lowest BCUT2D eigenvalue weighted by Gasteiger charge is -2.05. The number of nitrogens with zero attached hydrogens (tertiary/aromatic N) is 2. The maximum absolute atomic E-state index is 8.81. The molecule has 15 heavy (non-hydrogen) atoms. The van der Waals surface area contributed by atoms with Crippen LogP contribution in [0.25, 0.3) is 10.9 Å². The molecule has 1 aromatic heterocycles. The second kappa shape index (κ2) is 3.69. The van der Waals surface area contributed by atoms with Crippen molar-refractivity contribution in [3.63, 3.8) is 0 Å². The van der Waals surface area contributed by atoms with E-state index in [1.165, 1.54) is 6.20 Å². The molecule has 0 N–H and O–H groups in total. The lowest BCUT2D eigenvalue weighted by Crippen LogP contribution is -1.88. The fourth-order valence-electron chi connectivity index (χ4n) is 1.48. The molecule has 1 heterocycles. The molecule has 0 bridgehead atoms. The number of benzene rings is 1. The van der Waals surface area contributed by atoms with E-state index in [-0.39, 0.29) is 0 Å². The van der Waals surface area contributed by atoms with Gasteiger partial charge in [0.1, 0.15) is 6.07 Å². The van der Waals surface area contributed by atoms with Crippen molar-refractivity contribution in [1.82, 2.24) is 4.98 Å². The highest BCUT2D eigenvalue weighted by molar-refractivity contribution is 6.37. The van der Waals surface area contributed by atoms with Crippen molar-refractivity contribution in [2.45, 2.75) is 6.92 Å². The molecular formula is C11H6Cl2N2.